The first-order valence-corrected chi connectivity index (χ1v) is 7.55. The molecule has 0 aliphatic rings. The lowest BCUT2D eigenvalue weighted by Crippen LogP contribution is -2.18. The Hall–Kier alpha value is -1.33. The van der Waals surface area contributed by atoms with Crippen molar-refractivity contribution in [1.82, 2.24) is 5.32 Å². The minimum atomic E-state index is -4.29. The maximum atomic E-state index is 12.7. The van der Waals surface area contributed by atoms with Crippen molar-refractivity contribution in [2.24, 2.45) is 0 Å². The minimum absolute atomic E-state index is 0.130. The fraction of sp³-hybridized carbons (Fsp3) is 0.375. The summed E-state index contributed by atoms with van der Waals surface area (Å²) in [5, 5.41) is 3.28. The van der Waals surface area contributed by atoms with Gasteiger partial charge in [0.1, 0.15) is 0 Å². The minimum Gasteiger partial charge on any atom is -0.305 e. The van der Waals surface area contributed by atoms with Crippen LogP contribution in [0.3, 0.4) is 0 Å². The van der Waals surface area contributed by atoms with E-state index in [9.17, 15) is 13.2 Å². The summed E-state index contributed by atoms with van der Waals surface area (Å²) in [6.07, 6.45) is -4.29. The summed E-state index contributed by atoms with van der Waals surface area (Å²) >= 11 is 1.72. The molecule has 0 aliphatic carbocycles. The number of hydrogen-bond acceptors (Lipinski definition) is 2. The summed E-state index contributed by atoms with van der Waals surface area (Å²) in [6.45, 7) is 6.67. The van der Waals surface area contributed by atoms with E-state index in [0.717, 1.165) is 6.07 Å². The lowest BCUT2D eigenvalue weighted by molar-refractivity contribution is -0.137. The van der Waals surface area contributed by atoms with Crippen molar-refractivity contribution in [2.75, 3.05) is 0 Å². The molecule has 2 rings (SSSR count). The Morgan fingerprint density at radius 1 is 1.19 bits per heavy atom. The van der Waals surface area contributed by atoms with Crippen LogP contribution in [0.4, 0.5) is 13.2 Å². The Kier molecular flexibility index (Phi) is 4.74. The average molecular weight is 313 g/mol. The number of alkyl halides is 3. The second-order valence-corrected chi connectivity index (χ2v) is 6.52. The molecule has 1 aromatic heterocycles. The van der Waals surface area contributed by atoms with Gasteiger partial charge >= 0.3 is 6.18 Å². The molecule has 1 heterocycles. The normalized spacial score (nSPS) is 13.4. The zero-order valence-corrected chi connectivity index (χ0v) is 13.0. The van der Waals surface area contributed by atoms with Crippen molar-refractivity contribution >= 4 is 11.3 Å². The average Bonchev–Trinajstić information content (AvgIpc) is 2.74. The summed E-state index contributed by atoms with van der Waals surface area (Å²) in [7, 11) is 0. The van der Waals surface area contributed by atoms with E-state index < -0.39 is 11.7 Å². The predicted molar refractivity (Wildman–Crippen MR) is 80.5 cm³/mol. The second kappa shape index (κ2) is 6.20. The molecule has 1 nitrogen and oxygen atoms in total. The van der Waals surface area contributed by atoms with Gasteiger partial charge in [0, 0.05) is 22.3 Å². The van der Waals surface area contributed by atoms with Crippen LogP contribution in [0, 0.1) is 13.8 Å². The van der Waals surface area contributed by atoms with Gasteiger partial charge in [-0.3, -0.25) is 0 Å². The highest BCUT2D eigenvalue weighted by atomic mass is 32.1. The fourth-order valence-electron chi connectivity index (χ4n) is 2.09. The predicted octanol–water partition coefficient (Wildman–Crippen LogP) is 5.23. The molecule has 21 heavy (non-hydrogen) atoms. The molecule has 1 aromatic carbocycles. The van der Waals surface area contributed by atoms with Crippen molar-refractivity contribution in [3.05, 3.63) is 56.8 Å². The van der Waals surface area contributed by atoms with Crippen LogP contribution in [0.5, 0.6) is 0 Å². The molecule has 1 N–H and O–H groups in total. The lowest BCUT2D eigenvalue weighted by Gasteiger charge is -2.15. The zero-order chi connectivity index (χ0) is 15.6. The summed E-state index contributed by atoms with van der Waals surface area (Å²) < 4.78 is 38.1. The Labute approximate surface area is 126 Å². The maximum absolute atomic E-state index is 12.7. The third kappa shape index (κ3) is 4.08. The van der Waals surface area contributed by atoms with Gasteiger partial charge in [-0.2, -0.15) is 13.2 Å². The SMILES string of the molecule is Cc1cc(CNC(C)c2cccc(C(F)(F)F)c2)sc1C. The van der Waals surface area contributed by atoms with Crippen LogP contribution in [-0.4, -0.2) is 0 Å². The molecule has 1 atom stereocenters. The van der Waals surface area contributed by atoms with Gasteiger partial charge in [0.15, 0.2) is 0 Å². The molecule has 0 bridgehead atoms. The third-order valence-corrected chi connectivity index (χ3v) is 4.67. The van der Waals surface area contributed by atoms with Crippen molar-refractivity contribution in [3.8, 4) is 0 Å². The van der Waals surface area contributed by atoms with E-state index in [4.69, 9.17) is 0 Å². The number of halogens is 3. The summed E-state index contributed by atoms with van der Waals surface area (Å²) in [5.74, 6) is 0. The van der Waals surface area contributed by atoms with Gasteiger partial charge in [0.05, 0.1) is 5.56 Å². The van der Waals surface area contributed by atoms with E-state index >= 15 is 0 Å². The van der Waals surface area contributed by atoms with Gasteiger partial charge < -0.3 is 5.32 Å². The van der Waals surface area contributed by atoms with Crippen LogP contribution >= 0.6 is 11.3 Å². The van der Waals surface area contributed by atoms with Gasteiger partial charge in [-0.05, 0) is 50.1 Å². The van der Waals surface area contributed by atoms with Gasteiger partial charge in [-0.15, -0.1) is 11.3 Å². The molecule has 0 aliphatic heterocycles. The second-order valence-electron chi connectivity index (χ2n) is 5.18. The van der Waals surface area contributed by atoms with Crippen molar-refractivity contribution in [2.45, 2.75) is 39.5 Å². The fourth-order valence-corrected chi connectivity index (χ4v) is 3.10. The largest absolute Gasteiger partial charge is 0.416 e. The van der Waals surface area contributed by atoms with E-state index in [2.05, 4.69) is 25.2 Å². The Morgan fingerprint density at radius 2 is 1.90 bits per heavy atom. The molecule has 2 aromatic rings. The maximum Gasteiger partial charge on any atom is 0.416 e. The standard InChI is InChI=1S/C16H18F3NS/c1-10-7-15(21-12(10)3)9-20-11(2)13-5-4-6-14(8-13)16(17,18)19/h4-8,11,20H,9H2,1-3H3. The smallest absolute Gasteiger partial charge is 0.305 e. The number of hydrogen-bond donors (Lipinski definition) is 1. The Bertz CT molecular complexity index is 597. The van der Waals surface area contributed by atoms with Crippen molar-refractivity contribution in [1.29, 1.82) is 0 Å². The summed E-state index contributed by atoms with van der Waals surface area (Å²) in [4.78, 5) is 2.47. The zero-order valence-electron chi connectivity index (χ0n) is 12.2. The molecule has 0 amide bonds. The van der Waals surface area contributed by atoms with Crippen LogP contribution in [0.25, 0.3) is 0 Å². The van der Waals surface area contributed by atoms with Crippen LogP contribution < -0.4 is 5.32 Å². The first-order chi connectivity index (χ1) is 9.77. The van der Waals surface area contributed by atoms with Crippen molar-refractivity contribution in [3.63, 3.8) is 0 Å². The topological polar surface area (TPSA) is 12.0 Å². The molecule has 5 heteroatoms. The first-order valence-electron chi connectivity index (χ1n) is 6.74. The molecular formula is C16H18F3NS. The van der Waals surface area contributed by atoms with Gasteiger partial charge in [-0.1, -0.05) is 12.1 Å². The highest BCUT2D eigenvalue weighted by Gasteiger charge is 2.30. The van der Waals surface area contributed by atoms with Gasteiger partial charge in [0.2, 0.25) is 0 Å². The highest BCUT2D eigenvalue weighted by molar-refractivity contribution is 7.12. The molecule has 0 saturated heterocycles. The Morgan fingerprint density at radius 3 is 2.48 bits per heavy atom. The third-order valence-electron chi connectivity index (χ3n) is 3.51. The highest BCUT2D eigenvalue weighted by Crippen LogP contribution is 2.31. The molecule has 0 radical (unpaired) electrons. The Balaban J connectivity index is 2.05. The van der Waals surface area contributed by atoms with E-state index in [1.54, 1.807) is 17.4 Å². The van der Waals surface area contributed by atoms with Gasteiger partial charge in [0.25, 0.3) is 0 Å². The number of aryl methyl sites for hydroxylation is 2. The lowest BCUT2D eigenvalue weighted by atomic mass is 10.0. The molecule has 0 saturated carbocycles. The molecule has 1 unspecified atom stereocenters. The van der Waals surface area contributed by atoms with E-state index in [1.165, 1.54) is 27.5 Å². The number of rotatable bonds is 4. The molecule has 114 valence electrons. The van der Waals surface area contributed by atoms with E-state index in [-0.39, 0.29) is 6.04 Å². The van der Waals surface area contributed by atoms with Crippen LogP contribution in [0.15, 0.2) is 30.3 Å². The quantitative estimate of drug-likeness (QED) is 0.814. The van der Waals surface area contributed by atoms with Gasteiger partial charge in [-0.25, -0.2) is 0 Å². The van der Waals surface area contributed by atoms with Crippen molar-refractivity contribution < 1.29 is 13.2 Å². The van der Waals surface area contributed by atoms with E-state index in [1.807, 2.05) is 6.92 Å². The summed E-state index contributed by atoms with van der Waals surface area (Å²) in [6, 6.07) is 7.47. The number of nitrogens with one attached hydrogen (secondary N) is 1. The van der Waals surface area contributed by atoms with Crippen LogP contribution in [0.2, 0.25) is 0 Å². The first kappa shape index (κ1) is 16.0. The molecule has 0 fully saturated rings. The monoisotopic (exact) mass is 313 g/mol. The van der Waals surface area contributed by atoms with Crippen LogP contribution in [0.1, 0.15) is 39.4 Å². The van der Waals surface area contributed by atoms with E-state index in [0.29, 0.717) is 12.1 Å². The number of benzene rings is 1. The number of thiophene rings is 1. The molecular weight excluding hydrogens is 295 g/mol. The van der Waals surface area contributed by atoms with Crippen LogP contribution in [-0.2, 0) is 12.7 Å². The summed E-state index contributed by atoms with van der Waals surface area (Å²) in [5.41, 5.74) is 1.30. The molecule has 0 spiro atoms.